The maximum absolute atomic E-state index is 11.6. The van der Waals surface area contributed by atoms with Gasteiger partial charge in [-0.05, 0) is 51.8 Å². The zero-order valence-corrected chi connectivity index (χ0v) is 11.7. The number of benzene rings is 1. The van der Waals surface area contributed by atoms with Gasteiger partial charge in [-0.1, -0.05) is 18.7 Å². The molecule has 1 rings (SSSR count). The minimum absolute atomic E-state index is 0.483. The van der Waals surface area contributed by atoms with Gasteiger partial charge in [-0.3, -0.25) is 0 Å². The summed E-state index contributed by atoms with van der Waals surface area (Å²) in [5.74, 6) is 0.483. The van der Waals surface area contributed by atoms with Crippen LogP contribution in [0.4, 0.5) is 4.79 Å². The number of carbonyl (C=O) groups excluding carboxylic acids is 1. The van der Waals surface area contributed by atoms with Crippen molar-refractivity contribution in [1.82, 2.24) is 0 Å². The summed E-state index contributed by atoms with van der Waals surface area (Å²) in [6, 6.07) is 5.64. The van der Waals surface area contributed by atoms with Crippen molar-refractivity contribution in [1.29, 1.82) is 0 Å². The molecule has 0 spiro atoms. The number of ether oxygens (including phenoxy) is 2. The maximum atomic E-state index is 11.6. The molecule has 0 saturated heterocycles. The molecule has 0 N–H and O–H groups in total. The van der Waals surface area contributed by atoms with Gasteiger partial charge >= 0.3 is 6.16 Å². The first-order valence-electron chi connectivity index (χ1n) is 5.86. The van der Waals surface area contributed by atoms with Gasteiger partial charge in [0.2, 0.25) is 0 Å². The Kier molecular flexibility index (Phi) is 4.17. The first-order valence-corrected chi connectivity index (χ1v) is 5.86. The molecule has 0 saturated carbocycles. The minimum atomic E-state index is -0.699. The van der Waals surface area contributed by atoms with Crippen LogP contribution in [0, 0.1) is 6.92 Å². The fourth-order valence-electron chi connectivity index (χ4n) is 1.43. The lowest BCUT2D eigenvalue weighted by Crippen LogP contribution is -2.26. The normalized spacial score (nSPS) is 10.9. The zero-order valence-electron chi connectivity index (χ0n) is 11.7. The third kappa shape index (κ3) is 4.24. The van der Waals surface area contributed by atoms with Crippen LogP contribution in [0.2, 0.25) is 0 Å². The Bertz CT molecular complexity index is 467. The zero-order chi connectivity index (χ0) is 13.9. The smallest absolute Gasteiger partial charge is 0.428 e. The topological polar surface area (TPSA) is 35.5 Å². The summed E-state index contributed by atoms with van der Waals surface area (Å²) in [5.41, 5.74) is 2.10. The van der Waals surface area contributed by atoms with Gasteiger partial charge in [-0.25, -0.2) is 4.79 Å². The van der Waals surface area contributed by atoms with Crippen LogP contribution in [0.1, 0.15) is 38.8 Å². The van der Waals surface area contributed by atoms with Gasteiger partial charge in [0.1, 0.15) is 11.4 Å². The van der Waals surface area contributed by atoms with Gasteiger partial charge in [0, 0.05) is 5.56 Å². The van der Waals surface area contributed by atoms with Gasteiger partial charge in [-0.15, -0.1) is 0 Å². The quantitative estimate of drug-likeness (QED) is 0.577. The molecular weight excluding hydrogens is 228 g/mol. The monoisotopic (exact) mass is 248 g/mol. The lowest BCUT2D eigenvalue weighted by atomic mass is 10.1. The van der Waals surface area contributed by atoms with Crippen molar-refractivity contribution >= 4 is 11.7 Å². The molecule has 0 radical (unpaired) electrons. The summed E-state index contributed by atoms with van der Waals surface area (Å²) < 4.78 is 10.4. The average Bonchev–Trinajstić information content (AvgIpc) is 2.13. The summed E-state index contributed by atoms with van der Waals surface area (Å²) in [4.78, 5) is 11.6. The van der Waals surface area contributed by atoms with Gasteiger partial charge in [-0.2, -0.15) is 0 Å². The predicted octanol–water partition coefficient (Wildman–Crippen LogP) is 4.34. The van der Waals surface area contributed by atoms with Crippen molar-refractivity contribution in [3.8, 4) is 5.75 Å². The molecule has 3 heteroatoms. The van der Waals surface area contributed by atoms with Crippen LogP contribution in [0.5, 0.6) is 5.75 Å². The molecule has 0 aliphatic rings. The molecule has 0 unspecified atom stereocenters. The number of carbonyl (C=O) groups is 1. The summed E-state index contributed by atoms with van der Waals surface area (Å²) in [6.45, 7) is 13.1. The minimum Gasteiger partial charge on any atom is -0.428 e. The van der Waals surface area contributed by atoms with E-state index >= 15 is 0 Å². The molecule has 0 atom stereocenters. The van der Waals surface area contributed by atoms with E-state index in [0.29, 0.717) is 5.75 Å². The number of rotatable bonds is 2. The van der Waals surface area contributed by atoms with E-state index in [-0.39, 0.29) is 0 Å². The van der Waals surface area contributed by atoms with Crippen molar-refractivity contribution in [2.24, 2.45) is 0 Å². The highest BCUT2D eigenvalue weighted by molar-refractivity contribution is 5.72. The SMILES string of the molecule is C=C(C)c1ccc(C)cc1OC(=O)OC(C)(C)C. The molecule has 1 aromatic rings. The molecule has 3 nitrogen and oxygen atoms in total. The molecule has 0 bridgehead atoms. The van der Waals surface area contributed by atoms with Crippen LogP contribution in [0.15, 0.2) is 24.8 Å². The Hall–Kier alpha value is -1.77. The lowest BCUT2D eigenvalue weighted by molar-refractivity contribution is 0.0205. The number of aryl methyl sites for hydroxylation is 1. The van der Waals surface area contributed by atoms with Crippen molar-refractivity contribution in [3.63, 3.8) is 0 Å². The Morgan fingerprint density at radius 2 is 1.89 bits per heavy atom. The molecule has 0 amide bonds. The molecule has 1 aromatic carbocycles. The van der Waals surface area contributed by atoms with Crippen LogP contribution < -0.4 is 4.74 Å². The highest BCUT2D eigenvalue weighted by atomic mass is 16.7. The van der Waals surface area contributed by atoms with E-state index in [2.05, 4.69) is 6.58 Å². The van der Waals surface area contributed by atoms with Crippen LogP contribution in [-0.2, 0) is 4.74 Å². The Morgan fingerprint density at radius 1 is 1.28 bits per heavy atom. The molecule has 0 heterocycles. The van der Waals surface area contributed by atoms with Crippen molar-refractivity contribution in [2.75, 3.05) is 0 Å². The van der Waals surface area contributed by atoms with Crippen molar-refractivity contribution in [3.05, 3.63) is 35.9 Å². The Labute approximate surface area is 108 Å². The molecule has 0 aliphatic heterocycles. The standard InChI is InChI=1S/C15H20O3/c1-10(2)12-8-7-11(3)9-13(12)17-14(16)18-15(4,5)6/h7-9H,1H2,2-6H3. The molecule has 0 fully saturated rings. The lowest BCUT2D eigenvalue weighted by Gasteiger charge is -2.19. The summed E-state index contributed by atoms with van der Waals surface area (Å²) in [6.07, 6.45) is -0.699. The summed E-state index contributed by atoms with van der Waals surface area (Å²) >= 11 is 0. The fraction of sp³-hybridized carbons (Fsp3) is 0.400. The van der Waals surface area contributed by atoms with E-state index in [1.807, 2.05) is 26.0 Å². The number of hydrogen-bond acceptors (Lipinski definition) is 3. The second-order valence-electron chi connectivity index (χ2n) is 5.35. The van der Waals surface area contributed by atoms with Crippen LogP contribution in [-0.4, -0.2) is 11.8 Å². The summed E-state index contributed by atoms with van der Waals surface area (Å²) in [5, 5.41) is 0. The van der Waals surface area contributed by atoms with Crippen molar-refractivity contribution in [2.45, 2.75) is 40.2 Å². The first kappa shape index (κ1) is 14.3. The van der Waals surface area contributed by atoms with Gasteiger partial charge < -0.3 is 9.47 Å². The molecule has 98 valence electrons. The maximum Gasteiger partial charge on any atom is 0.514 e. The van der Waals surface area contributed by atoms with Crippen LogP contribution in [0.3, 0.4) is 0 Å². The second-order valence-corrected chi connectivity index (χ2v) is 5.35. The second kappa shape index (κ2) is 5.25. The number of hydrogen-bond donors (Lipinski definition) is 0. The highest BCUT2D eigenvalue weighted by Crippen LogP contribution is 2.26. The van der Waals surface area contributed by atoms with Crippen LogP contribution >= 0.6 is 0 Å². The van der Waals surface area contributed by atoms with Gasteiger partial charge in [0.05, 0.1) is 0 Å². The third-order valence-electron chi connectivity index (χ3n) is 2.18. The van der Waals surface area contributed by atoms with Gasteiger partial charge in [0.15, 0.2) is 0 Å². The van der Waals surface area contributed by atoms with E-state index in [9.17, 15) is 4.79 Å². The van der Waals surface area contributed by atoms with Gasteiger partial charge in [0.25, 0.3) is 0 Å². The van der Waals surface area contributed by atoms with E-state index in [1.54, 1.807) is 26.8 Å². The Balaban J connectivity index is 2.93. The molecule has 0 aromatic heterocycles. The van der Waals surface area contributed by atoms with E-state index < -0.39 is 11.8 Å². The average molecular weight is 248 g/mol. The van der Waals surface area contributed by atoms with Crippen molar-refractivity contribution < 1.29 is 14.3 Å². The fourth-order valence-corrected chi connectivity index (χ4v) is 1.43. The molecule has 18 heavy (non-hydrogen) atoms. The largest absolute Gasteiger partial charge is 0.514 e. The predicted molar refractivity (Wildman–Crippen MR) is 72.7 cm³/mol. The van der Waals surface area contributed by atoms with E-state index in [0.717, 1.165) is 16.7 Å². The first-order chi connectivity index (χ1) is 8.19. The number of allylic oxidation sites excluding steroid dienone is 1. The van der Waals surface area contributed by atoms with E-state index in [1.165, 1.54) is 0 Å². The van der Waals surface area contributed by atoms with E-state index in [4.69, 9.17) is 9.47 Å². The summed E-state index contributed by atoms with van der Waals surface area (Å²) in [7, 11) is 0. The Morgan fingerprint density at radius 3 is 2.39 bits per heavy atom. The third-order valence-corrected chi connectivity index (χ3v) is 2.18. The molecule has 0 aliphatic carbocycles. The molecular formula is C15H20O3. The van der Waals surface area contributed by atoms with Crippen LogP contribution in [0.25, 0.3) is 5.57 Å². The highest BCUT2D eigenvalue weighted by Gasteiger charge is 2.19.